The molecule has 1 saturated heterocycles. The van der Waals surface area contributed by atoms with Crippen LogP contribution in [0.4, 0.5) is 0 Å². The summed E-state index contributed by atoms with van der Waals surface area (Å²) < 4.78 is 0. The number of likely N-dealkylation sites (N-methyl/N-ethyl adjacent to an activating group) is 1. The first kappa shape index (κ1) is 15.5. The molecule has 0 saturated carbocycles. The first-order chi connectivity index (χ1) is 8.27. The highest BCUT2D eigenvalue weighted by Crippen LogP contribution is 2.13. The van der Waals surface area contributed by atoms with Gasteiger partial charge < -0.3 is 10.2 Å². The van der Waals surface area contributed by atoms with E-state index in [-0.39, 0.29) is 18.3 Å². The molecule has 2 heterocycles. The van der Waals surface area contributed by atoms with E-state index in [1.165, 1.54) is 4.88 Å². The van der Waals surface area contributed by atoms with Crippen molar-refractivity contribution in [3.63, 3.8) is 0 Å². The van der Waals surface area contributed by atoms with Crippen molar-refractivity contribution >= 4 is 29.7 Å². The number of hydrogen-bond donors (Lipinski definition) is 1. The van der Waals surface area contributed by atoms with E-state index in [1.54, 1.807) is 11.3 Å². The third-order valence-electron chi connectivity index (χ3n) is 3.37. The van der Waals surface area contributed by atoms with Gasteiger partial charge in [-0.15, -0.1) is 23.7 Å². The molecule has 1 aromatic rings. The Bertz CT molecular complexity index is 350. The lowest BCUT2D eigenvalue weighted by molar-refractivity contribution is -0.131. The molecule has 102 valence electrons. The van der Waals surface area contributed by atoms with Gasteiger partial charge in [0, 0.05) is 30.9 Å². The van der Waals surface area contributed by atoms with E-state index in [1.807, 2.05) is 11.9 Å². The zero-order chi connectivity index (χ0) is 12.1. The molecule has 1 atom stereocenters. The minimum Gasteiger partial charge on any atom is -0.341 e. The van der Waals surface area contributed by atoms with Crippen LogP contribution in [0.2, 0.25) is 0 Å². The minimum atomic E-state index is 0. The molecule has 0 spiro atoms. The van der Waals surface area contributed by atoms with Crippen molar-refractivity contribution in [2.45, 2.75) is 31.7 Å². The summed E-state index contributed by atoms with van der Waals surface area (Å²) in [5.74, 6) is 0.287. The Kier molecular flexibility index (Phi) is 6.68. The van der Waals surface area contributed by atoms with Gasteiger partial charge in [0.2, 0.25) is 5.91 Å². The van der Waals surface area contributed by atoms with Crippen LogP contribution in [0.1, 0.15) is 24.1 Å². The standard InChI is InChI=1S/C13H20N2OS.ClH/c1-15(11-7-8-14-10-11)13(16)6-2-4-12-5-3-9-17-12;/h3,5,9,11,14H,2,4,6-8,10H2,1H3;1H. The van der Waals surface area contributed by atoms with Gasteiger partial charge in [-0.1, -0.05) is 6.07 Å². The quantitative estimate of drug-likeness (QED) is 0.902. The van der Waals surface area contributed by atoms with Crippen LogP contribution in [0.25, 0.3) is 0 Å². The average Bonchev–Trinajstić information content (AvgIpc) is 3.00. The summed E-state index contributed by atoms with van der Waals surface area (Å²) in [4.78, 5) is 15.3. The van der Waals surface area contributed by atoms with Gasteiger partial charge >= 0.3 is 0 Å². The highest BCUT2D eigenvalue weighted by Gasteiger charge is 2.22. The molecule has 1 aliphatic heterocycles. The van der Waals surface area contributed by atoms with Crippen molar-refractivity contribution in [1.29, 1.82) is 0 Å². The maximum atomic E-state index is 12.0. The molecule has 18 heavy (non-hydrogen) atoms. The van der Waals surface area contributed by atoms with Crippen molar-refractivity contribution in [1.82, 2.24) is 10.2 Å². The highest BCUT2D eigenvalue weighted by atomic mass is 35.5. The third kappa shape index (κ3) is 4.26. The van der Waals surface area contributed by atoms with Gasteiger partial charge in [0.05, 0.1) is 0 Å². The molecule has 0 aliphatic carbocycles. The lowest BCUT2D eigenvalue weighted by Gasteiger charge is -2.23. The molecule has 1 N–H and O–H groups in total. The van der Waals surface area contributed by atoms with E-state index in [2.05, 4.69) is 22.8 Å². The Morgan fingerprint density at radius 1 is 1.61 bits per heavy atom. The fourth-order valence-electron chi connectivity index (χ4n) is 2.22. The Morgan fingerprint density at radius 2 is 2.44 bits per heavy atom. The maximum absolute atomic E-state index is 12.0. The number of nitrogens with zero attached hydrogens (tertiary/aromatic N) is 1. The second kappa shape index (κ2) is 7.77. The summed E-state index contributed by atoms with van der Waals surface area (Å²) in [7, 11) is 1.94. The predicted octanol–water partition coefficient (Wildman–Crippen LogP) is 2.31. The van der Waals surface area contributed by atoms with E-state index < -0.39 is 0 Å². The van der Waals surface area contributed by atoms with Gasteiger partial charge in [-0.25, -0.2) is 0 Å². The minimum absolute atomic E-state index is 0. The lowest BCUT2D eigenvalue weighted by atomic mass is 10.1. The Morgan fingerprint density at radius 3 is 3.06 bits per heavy atom. The number of nitrogens with one attached hydrogen (secondary N) is 1. The van der Waals surface area contributed by atoms with E-state index in [9.17, 15) is 4.79 Å². The van der Waals surface area contributed by atoms with Crippen LogP contribution in [-0.4, -0.2) is 37.0 Å². The highest BCUT2D eigenvalue weighted by molar-refractivity contribution is 7.09. The Hall–Kier alpha value is -0.580. The van der Waals surface area contributed by atoms with Crippen LogP contribution in [0.3, 0.4) is 0 Å². The SMILES string of the molecule is CN(C(=O)CCCc1cccs1)C1CCNC1.Cl. The summed E-state index contributed by atoms with van der Waals surface area (Å²) in [6.07, 6.45) is 3.75. The summed E-state index contributed by atoms with van der Waals surface area (Å²) in [6.45, 7) is 1.99. The van der Waals surface area contributed by atoms with Gasteiger partial charge in [0.25, 0.3) is 0 Å². The molecule has 0 bridgehead atoms. The van der Waals surface area contributed by atoms with Crippen LogP contribution >= 0.6 is 23.7 Å². The average molecular weight is 289 g/mol. The van der Waals surface area contributed by atoms with E-state index in [0.29, 0.717) is 12.5 Å². The zero-order valence-corrected chi connectivity index (χ0v) is 12.4. The van der Waals surface area contributed by atoms with Gasteiger partial charge in [-0.05, 0) is 37.3 Å². The molecule has 1 aromatic heterocycles. The molecule has 0 aromatic carbocycles. The number of amides is 1. The Balaban J connectivity index is 0.00000162. The number of carbonyl (C=O) groups is 1. The number of hydrogen-bond acceptors (Lipinski definition) is 3. The second-order valence-corrected chi connectivity index (χ2v) is 5.62. The maximum Gasteiger partial charge on any atom is 0.222 e. The summed E-state index contributed by atoms with van der Waals surface area (Å²) in [5, 5.41) is 5.39. The van der Waals surface area contributed by atoms with Gasteiger partial charge in [0.15, 0.2) is 0 Å². The summed E-state index contributed by atoms with van der Waals surface area (Å²) >= 11 is 1.77. The first-order valence-electron chi connectivity index (χ1n) is 6.26. The first-order valence-corrected chi connectivity index (χ1v) is 7.14. The summed E-state index contributed by atoms with van der Waals surface area (Å²) in [5.41, 5.74) is 0. The van der Waals surface area contributed by atoms with Crippen LogP contribution < -0.4 is 5.32 Å². The van der Waals surface area contributed by atoms with Gasteiger partial charge in [-0.3, -0.25) is 4.79 Å². The topological polar surface area (TPSA) is 32.3 Å². The fraction of sp³-hybridized carbons (Fsp3) is 0.615. The molecule has 0 radical (unpaired) electrons. The van der Waals surface area contributed by atoms with Crippen LogP contribution in [-0.2, 0) is 11.2 Å². The molecule has 1 fully saturated rings. The molecule has 3 nitrogen and oxygen atoms in total. The predicted molar refractivity (Wildman–Crippen MR) is 78.5 cm³/mol. The van der Waals surface area contributed by atoms with Crippen LogP contribution in [0.5, 0.6) is 0 Å². The number of aryl methyl sites for hydroxylation is 1. The summed E-state index contributed by atoms with van der Waals surface area (Å²) in [6, 6.07) is 4.61. The third-order valence-corrected chi connectivity index (χ3v) is 4.31. The fourth-order valence-corrected chi connectivity index (χ4v) is 2.97. The monoisotopic (exact) mass is 288 g/mol. The Labute approximate surface area is 119 Å². The van der Waals surface area contributed by atoms with Gasteiger partial charge in [0.1, 0.15) is 0 Å². The van der Waals surface area contributed by atoms with E-state index in [4.69, 9.17) is 0 Å². The smallest absolute Gasteiger partial charge is 0.222 e. The lowest BCUT2D eigenvalue weighted by Crippen LogP contribution is -2.38. The van der Waals surface area contributed by atoms with Crippen molar-refractivity contribution < 1.29 is 4.79 Å². The molecule has 1 amide bonds. The van der Waals surface area contributed by atoms with E-state index in [0.717, 1.165) is 32.4 Å². The molecular weight excluding hydrogens is 268 g/mol. The molecule has 1 aliphatic rings. The number of thiophene rings is 1. The van der Waals surface area contributed by atoms with Crippen molar-refractivity contribution in [2.75, 3.05) is 20.1 Å². The number of carbonyl (C=O) groups excluding carboxylic acids is 1. The van der Waals surface area contributed by atoms with E-state index >= 15 is 0 Å². The number of halogens is 1. The van der Waals surface area contributed by atoms with Gasteiger partial charge in [-0.2, -0.15) is 0 Å². The number of rotatable bonds is 5. The van der Waals surface area contributed by atoms with Crippen molar-refractivity contribution in [3.8, 4) is 0 Å². The largest absolute Gasteiger partial charge is 0.341 e. The molecular formula is C13H21ClN2OS. The molecule has 1 unspecified atom stereocenters. The van der Waals surface area contributed by atoms with Crippen LogP contribution in [0.15, 0.2) is 17.5 Å². The normalized spacial score (nSPS) is 18.4. The zero-order valence-electron chi connectivity index (χ0n) is 10.7. The molecule has 5 heteroatoms. The van der Waals surface area contributed by atoms with Crippen LogP contribution in [0, 0.1) is 0 Å². The van der Waals surface area contributed by atoms with Crippen molar-refractivity contribution in [3.05, 3.63) is 22.4 Å². The second-order valence-electron chi connectivity index (χ2n) is 4.58. The molecule has 2 rings (SSSR count). The van der Waals surface area contributed by atoms with Crippen molar-refractivity contribution in [2.24, 2.45) is 0 Å².